The average Bonchev–Trinajstić information content (AvgIpc) is 2.85. The van der Waals surface area contributed by atoms with Crippen LogP contribution in [-0.4, -0.2) is 53.1 Å². The molecule has 9 heteroatoms. The van der Waals surface area contributed by atoms with E-state index in [4.69, 9.17) is 0 Å². The highest BCUT2D eigenvalue weighted by molar-refractivity contribution is 7.92. The number of rotatable bonds is 7. The van der Waals surface area contributed by atoms with Gasteiger partial charge in [0, 0.05) is 19.0 Å². The van der Waals surface area contributed by atoms with Crippen molar-refractivity contribution < 1.29 is 21.6 Å². The lowest BCUT2D eigenvalue weighted by atomic mass is 10.1. The fourth-order valence-electron chi connectivity index (χ4n) is 2.93. The summed E-state index contributed by atoms with van der Waals surface area (Å²) in [7, 11) is -6.60. The van der Waals surface area contributed by atoms with E-state index in [-0.39, 0.29) is 36.4 Å². The maximum atomic E-state index is 12.2. The number of sulfonamides is 1. The van der Waals surface area contributed by atoms with E-state index in [1.165, 1.54) is 4.31 Å². The van der Waals surface area contributed by atoms with Crippen LogP contribution in [0.5, 0.6) is 0 Å². The highest BCUT2D eigenvalue weighted by Gasteiger charge is 2.29. The van der Waals surface area contributed by atoms with Gasteiger partial charge in [0.1, 0.15) is 0 Å². The molecule has 0 aromatic heterocycles. The molecule has 140 valence electrons. The number of sulfone groups is 1. The van der Waals surface area contributed by atoms with Crippen molar-refractivity contribution in [3.63, 3.8) is 0 Å². The molecule has 0 saturated carbocycles. The third-order valence-electron chi connectivity index (χ3n) is 4.18. The molecule has 1 heterocycles. The summed E-state index contributed by atoms with van der Waals surface area (Å²) < 4.78 is 48.4. The van der Waals surface area contributed by atoms with Gasteiger partial charge in [-0.2, -0.15) is 0 Å². The number of anilines is 1. The van der Waals surface area contributed by atoms with Crippen molar-refractivity contribution in [1.82, 2.24) is 5.32 Å². The molecule has 1 amide bonds. The SMILES string of the molecule is CCc1ccccc1N(CCC(=O)NC1CCS(=O)(=O)C1)S(C)(=O)=O. The molecule has 1 aromatic carbocycles. The van der Waals surface area contributed by atoms with Gasteiger partial charge >= 0.3 is 0 Å². The summed E-state index contributed by atoms with van der Waals surface area (Å²) in [5.41, 5.74) is 1.46. The van der Waals surface area contributed by atoms with Gasteiger partial charge in [-0.15, -0.1) is 0 Å². The average molecular weight is 389 g/mol. The minimum atomic E-state index is -3.53. The van der Waals surface area contributed by atoms with Crippen LogP contribution in [0.1, 0.15) is 25.3 Å². The summed E-state index contributed by atoms with van der Waals surface area (Å²) in [6, 6.07) is 6.80. The fourth-order valence-corrected chi connectivity index (χ4v) is 5.56. The second-order valence-corrected chi connectivity index (χ2v) is 10.4. The largest absolute Gasteiger partial charge is 0.352 e. The Hall–Kier alpha value is -1.61. The van der Waals surface area contributed by atoms with E-state index in [0.29, 0.717) is 18.5 Å². The summed E-state index contributed by atoms with van der Waals surface area (Å²) in [5, 5.41) is 2.68. The normalized spacial score (nSPS) is 19.5. The minimum absolute atomic E-state index is 0.0150. The highest BCUT2D eigenvalue weighted by Crippen LogP contribution is 2.23. The first-order valence-corrected chi connectivity index (χ1v) is 11.8. The smallest absolute Gasteiger partial charge is 0.232 e. The molecule has 1 saturated heterocycles. The van der Waals surface area contributed by atoms with Gasteiger partial charge in [-0.25, -0.2) is 16.8 Å². The first kappa shape index (κ1) is 19.7. The number of carbonyl (C=O) groups excluding carboxylic acids is 1. The molecule has 1 aromatic rings. The van der Waals surface area contributed by atoms with Crippen LogP contribution in [-0.2, 0) is 31.1 Å². The number of carbonyl (C=O) groups is 1. The molecule has 1 unspecified atom stereocenters. The number of amides is 1. The number of hydrogen-bond donors (Lipinski definition) is 1. The van der Waals surface area contributed by atoms with Crippen LogP contribution >= 0.6 is 0 Å². The third kappa shape index (κ3) is 5.43. The number of para-hydroxylation sites is 1. The Labute approximate surface area is 149 Å². The van der Waals surface area contributed by atoms with Gasteiger partial charge in [-0.1, -0.05) is 25.1 Å². The van der Waals surface area contributed by atoms with Gasteiger partial charge < -0.3 is 5.32 Å². The van der Waals surface area contributed by atoms with E-state index in [1.54, 1.807) is 12.1 Å². The summed E-state index contributed by atoms with van der Waals surface area (Å²) in [6.07, 6.45) is 2.17. The van der Waals surface area contributed by atoms with Gasteiger partial charge in [0.05, 0.1) is 23.4 Å². The van der Waals surface area contributed by atoms with Gasteiger partial charge in [0.2, 0.25) is 15.9 Å². The number of aryl methyl sites for hydroxylation is 1. The first-order valence-electron chi connectivity index (χ1n) is 8.18. The fraction of sp³-hybridized carbons (Fsp3) is 0.562. The van der Waals surface area contributed by atoms with Gasteiger partial charge in [-0.05, 0) is 24.5 Å². The van der Waals surface area contributed by atoms with Crippen LogP contribution in [0.2, 0.25) is 0 Å². The maximum Gasteiger partial charge on any atom is 0.232 e. The molecule has 0 spiro atoms. The molecule has 1 atom stereocenters. The van der Waals surface area contributed by atoms with Gasteiger partial charge in [0.15, 0.2) is 9.84 Å². The molecule has 1 N–H and O–H groups in total. The molecule has 1 aliphatic rings. The van der Waals surface area contributed by atoms with E-state index in [1.807, 2.05) is 19.1 Å². The topological polar surface area (TPSA) is 101 Å². The first-order chi connectivity index (χ1) is 11.6. The Morgan fingerprint density at radius 2 is 2.00 bits per heavy atom. The Bertz CT molecular complexity index is 834. The van der Waals surface area contributed by atoms with E-state index >= 15 is 0 Å². The van der Waals surface area contributed by atoms with Crippen molar-refractivity contribution in [1.29, 1.82) is 0 Å². The van der Waals surface area contributed by atoms with Crippen LogP contribution < -0.4 is 9.62 Å². The van der Waals surface area contributed by atoms with Crippen molar-refractivity contribution in [2.45, 2.75) is 32.2 Å². The molecular formula is C16H24N2O5S2. The van der Waals surface area contributed by atoms with Crippen LogP contribution in [0.4, 0.5) is 5.69 Å². The van der Waals surface area contributed by atoms with Crippen LogP contribution in [0.15, 0.2) is 24.3 Å². The molecular weight excluding hydrogens is 364 g/mol. The van der Waals surface area contributed by atoms with Crippen molar-refractivity contribution in [2.24, 2.45) is 0 Å². The van der Waals surface area contributed by atoms with E-state index in [2.05, 4.69) is 5.32 Å². The van der Waals surface area contributed by atoms with E-state index in [0.717, 1.165) is 11.8 Å². The molecule has 0 aliphatic carbocycles. The number of benzene rings is 1. The summed E-state index contributed by atoms with van der Waals surface area (Å²) in [6.45, 7) is 1.95. The summed E-state index contributed by atoms with van der Waals surface area (Å²) >= 11 is 0. The van der Waals surface area contributed by atoms with Gasteiger partial charge in [0.25, 0.3) is 0 Å². The maximum absolute atomic E-state index is 12.2. The standard InChI is InChI=1S/C16H24N2O5S2/c1-3-13-6-4-5-7-15(13)18(24(2,20)21)10-8-16(19)17-14-9-11-25(22,23)12-14/h4-7,14H,3,8-12H2,1-2H3,(H,17,19). The Kier molecular flexibility index (Phi) is 6.10. The van der Waals surface area contributed by atoms with E-state index < -0.39 is 19.9 Å². The molecule has 25 heavy (non-hydrogen) atoms. The second kappa shape index (κ2) is 7.74. The Morgan fingerprint density at radius 1 is 1.32 bits per heavy atom. The van der Waals surface area contributed by atoms with Crippen molar-refractivity contribution >= 4 is 31.5 Å². The highest BCUT2D eigenvalue weighted by atomic mass is 32.2. The number of hydrogen-bond acceptors (Lipinski definition) is 5. The molecule has 1 fully saturated rings. The quantitative estimate of drug-likeness (QED) is 0.741. The van der Waals surface area contributed by atoms with Gasteiger partial charge in [-0.3, -0.25) is 9.10 Å². The van der Waals surface area contributed by atoms with Crippen LogP contribution in [0.25, 0.3) is 0 Å². The molecule has 2 rings (SSSR count). The zero-order valence-corrected chi connectivity index (χ0v) is 16.1. The molecule has 1 aliphatic heterocycles. The number of nitrogens with zero attached hydrogens (tertiary/aromatic N) is 1. The van der Waals surface area contributed by atoms with Crippen molar-refractivity contribution in [3.8, 4) is 0 Å². The van der Waals surface area contributed by atoms with Crippen molar-refractivity contribution in [3.05, 3.63) is 29.8 Å². The zero-order chi connectivity index (χ0) is 18.7. The van der Waals surface area contributed by atoms with Crippen LogP contribution in [0.3, 0.4) is 0 Å². The summed E-state index contributed by atoms with van der Waals surface area (Å²) in [5.74, 6) is -0.311. The molecule has 7 nitrogen and oxygen atoms in total. The lowest BCUT2D eigenvalue weighted by Gasteiger charge is -2.24. The zero-order valence-electron chi connectivity index (χ0n) is 14.4. The third-order valence-corrected chi connectivity index (χ3v) is 7.13. The number of nitrogens with one attached hydrogen (secondary N) is 1. The Balaban J connectivity index is 2.05. The summed E-state index contributed by atoms with van der Waals surface area (Å²) in [4.78, 5) is 12.1. The lowest BCUT2D eigenvalue weighted by molar-refractivity contribution is -0.121. The van der Waals surface area contributed by atoms with Crippen LogP contribution in [0, 0.1) is 0 Å². The predicted molar refractivity (Wildman–Crippen MR) is 97.8 cm³/mol. The molecule has 0 bridgehead atoms. The van der Waals surface area contributed by atoms with E-state index in [9.17, 15) is 21.6 Å². The Morgan fingerprint density at radius 3 is 2.56 bits per heavy atom. The second-order valence-electron chi connectivity index (χ2n) is 6.23. The lowest BCUT2D eigenvalue weighted by Crippen LogP contribution is -2.39. The van der Waals surface area contributed by atoms with Crippen molar-refractivity contribution in [2.75, 3.05) is 28.6 Å². The molecule has 0 radical (unpaired) electrons. The predicted octanol–water partition coefficient (Wildman–Crippen LogP) is 0.708. The monoisotopic (exact) mass is 388 g/mol. The minimum Gasteiger partial charge on any atom is -0.352 e.